The number of anilines is 1. The molecule has 1 aromatic heterocycles. The highest BCUT2D eigenvalue weighted by molar-refractivity contribution is 5.54. The Morgan fingerprint density at radius 3 is 2.44 bits per heavy atom. The van der Waals surface area contributed by atoms with Crippen LogP contribution in [0.4, 0.5) is 10.3 Å². The van der Waals surface area contributed by atoms with E-state index in [1.807, 2.05) is 60.3 Å². The van der Waals surface area contributed by atoms with Gasteiger partial charge < -0.3 is 18.9 Å². The van der Waals surface area contributed by atoms with Gasteiger partial charge in [0.15, 0.2) is 11.5 Å². The molecule has 1 atom stereocenters. The van der Waals surface area contributed by atoms with Crippen molar-refractivity contribution in [1.82, 2.24) is 9.55 Å². The number of halogens is 1. The second-order valence-corrected chi connectivity index (χ2v) is 9.20. The fourth-order valence-electron chi connectivity index (χ4n) is 5.15. The predicted molar refractivity (Wildman–Crippen MR) is 140 cm³/mol. The van der Waals surface area contributed by atoms with E-state index in [-0.39, 0.29) is 5.82 Å². The third kappa shape index (κ3) is 4.43. The third-order valence-corrected chi connectivity index (χ3v) is 6.87. The summed E-state index contributed by atoms with van der Waals surface area (Å²) in [6, 6.07) is 23.4. The highest BCUT2D eigenvalue weighted by atomic mass is 19.1. The summed E-state index contributed by atoms with van der Waals surface area (Å²) >= 11 is 0. The summed E-state index contributed by atoms with van der Waals surface area (Å²) in [7, 11) is 1.99. The third-order valence-electron chi connectivity index (χ3n) is 6.87. The topological polar surface area (TPSA) is 39.5 Å². The quantitative estimate of drug-likeness (QED) is 0.286. The monoisotopic (exact) mass is 485 g/mol. The highest BCUT2D eigenvalue weighted by Gasteiger charge is 2.44. The Balaban J connectivity index is 1.77. The first-order valence-electron chi connectivity index (χ1n) is 12.6. The smallest absolute Gasteiger partial charge is 0.206 e. The van der Waals surface area contributed by atoms with Gasteiger partial charge in [-0.1, -0.05) is 67.9 Å². The van der Waals surface area contributed by atoms with Gasteiger partial charge in [0.05, 0.1) is 0 Å². The van der Waals surface area contributed by atoms with Crippen molar-refractivity contribution in [1.29, 1.82) is 0 Å². The van der Waals surface area contributed by atoms with Gasteiger partial charge in [-0.05, 0) is 35.7 Å². The maximum Gasteiger partial charge on any atom is 0.206 e. The molecule has 6 heteroatoms. The average molecular weight is 486 g/mol. The molecule has 4 aromatic rings. The maximum atomic E-state index is 15.9. The summed E-state index contributed by atoms with van der Waals surface area (Å²) in [5, 5.41) is 0. The van der Waals surface area contributed by atoms with Gasteiger partial charge in [0, 0.05) is 38.0 Å². The van der Waals surface area contributed by atoms with Gasteiger partial charge in [-0.3, -0.25) is 0 Å². The molecular weight excluding hydrogens is 453 g/mol. The van der Waals surface area contributed by atoms with Crippen molar-refractivity contribution in [3.05, 3.63) is 108 Å². The van der Waals surface area contributed by atoms with Crippen LogP contribution in [-0.2, 0) is 19.0 Å². The van der Waals surface area contributed by atoms with Gasteiger partial charge in [-0.25, -0.2) is 9.37 Å². The van der Waals surface area contributed by atoms with Crippen molar-refractivity contribution in [2.24, 2.45) is 7.05 Å². The molecule has 5 rings (SSSR count). The first kappa shape index (κ1) is 23.9. The van der Waals surface area contributed by atoms with Crippen LogP contribution in [0.25, 0.3) is 0 Å². The summed E-state index contributed by atoms with van der Waals surface area (Å²) < 4.78 is 29.5. The molecule has 0 fully saturated rings. The first-order valence-corrected chi connectivity index (χ1v) is 12.6. The van der Waals surface area contributed by atoms with Crippen molar-refractivity contribution >= 4 is 5.95 Å². The molecule has 0 N–H and O–H groups in total. The number of imidazole rings is 1. The van der Waals surface area contributed by atoms with Crippen LogP contribution in [0.1, 0.15) is 36.5 Å². The Morgan fingerprint density at radius 2 is 1.72 bits per heavy atom. The van der Waals surface area contributed by atoms with Crippen LogP contribution in [-0.4, -0.2) is 29.3 Å². The standard InChI is InChI=1S/C30H32FN3O2/c1-3-4-17-34(29-32-16-18-33(29)2)30(24-10-6-5-7-11-24,25-12-8-9-13-26(25)31)22-23-14-15-27-28(21-23)36-20-19-35-27/h5-16,18,21H,3-4,17,19-20,22H2,1-2H3. The van der Waals surface area contributed by atoms with Crippen molar-refractivity contribution in [2.75, 3.05) is 24.7 Å². The molecule has 1 aliphatic heterocycles. The molecule has 36 heavy (non-hydrogen) atoms. The fourth-order valence-corrected chi connectivity index (χ4v) is 5.15. The Labute approximate surface area is 212 Å². The normalized spacial score (nSPS) is 14.3. The molecule has 1 unspecified atom stereocenters. The lowest BCUT2D eigenvalue weighted by Gasteiger charge is -2.46. The van der Waals surface area contributed by atoms with Gasteiger partial charge in [0.2, 0.25) is 5.95 Å². The number of rotatable bonds is 9. The van der Waals surface area contributed by atoms with Crippen LogP contribution in [0, 0.1) is 5.82 Å². The molecule has 0 radical (unpaired) electrons. The molecule has 5 nitrogen and oxygen atoms in total. The molecule has 1 aliphatic rings. The van der Waals surface area contributed by atoms with E-state index < -0.39 is 5.54 Å². The van der Waals surface area contributed by atoms with E-state index in [1.165, 1.54) is 0 Å². The highest BCUT2D eigenvalue weighted by Crippen LogP contribution is 2.44. The van der Waals surface area contributed by atoms with E-state index in [0.29, 0.717) is 25.2 Å². The van der Waals surface area contributed by atoms with Crippen LogP contribution in [0.5, 0.6) is 11.5 Å². The molecular formula is C30H32FN3O2. The largest absolute Gasteiger partial charge is 0.486 e. The molecule has 186 valence electrons. The van der Waals surface area contributed by atoms with Gasteiger partial charge >= 0.3 is 0 Å². The van der Waals surface area contributed by atoms with Crippen molar-refractivity contribution in [2.45, 2.75) is 31.7 Å². The molecule has 0 amide bonds. The van der Waals surface area contributed by atoms with Gasteiger partial charge in [-0.2, -0.15) is 0 Å². The van der Waals surface area contributed by atoms with Crippen molar-refractivity contribution in [3.8, 4) is 11.5 Å². The summed E-state index contributed by atoms with van der Waals surface area (Å²) in [5.74, 6) is 2.03. The predicted octanol–water partition coefficient (Wildman–Crippen LogP) is 6.12. The number of aromatic nitrogens is 2. The fraction of sp³-hybridized carbons (Fsp3) is 0.300. The zero-order valence-corrected chi connectivity index (χ0v) is 20.9. The second kappa shape index (κ2) is 10.4. The number of unbranched alkanes of at least 4 members (excludes halogenated alkanes) is 1. The van der Waals surface area contributed by atoms with E-state index in [1.54, 1.807) is 18.3 Å². The lowest BCUT2D eigenvalue weighted by molar-refractivity contribution is 0.171. The maximum absolute atomic E-state index is 15.9. The molecule has 0 aliphatic carbocycles. The van der Waals surface area contributed by atoms with Gasteiger partial charge in [0.25, 0.3) is 0 Å². The second-order valence-electron chi connectivity index (χ2n) is 9.20. The lowest BCUT2D eigenvalue weighted by atomic mass is 9.76. The number of aryl methyl sites for hydroxylation is 1. The SMILES string of the molecule is CCCCN(c1nccn1C)C(Cc1ccc2c(c1)OCCO2)(c1ccccc1)c1ccccc1F. The molecule has 0 saturated carbocycles. The van der Waals surface area contributed by atoms with E-state index in [2.05, 4.69) is 30.0 Å². The van der Waals surface area contributed by atoms with Crippen LogP contribution >= 0.6 is 0 Å². The number of ether oxygens (including phenoxy) is 2. The number of nitrogens with zero attached hydrogens (tertiary/aromatic N) is 3. The summed E-state index contributed by atoms with van der Waals surface area (Å²) in [6.45, 7) is 3.95. The Bertz CT molecular complexity index is 1310. The number of benzene rings is 3. The lowest BCUT2D eigenvalue weighted by Crippen LogP contribution is -2.51. The minimum absolute atomic E-state index is 0.241. The summed E-state index contributed by atoms with van der Waals surface area (Å²) in [5.41, 5.74) is 1.79. The van der Waals surface area contributed by atoms with Crippen LogP contribution in [0.2, 0.25) is 0 Å². The molecule has 2 heterocycles. The van der Waals surface area contributed by atoms with Crippen molar-refractivity contribution < 1.29 is 13.9 Å². The van der Waals surface area contributed by atoms with E-state index in [0.717, 1.165) is 48.0 Å². The zero-order valence-electron chi connectivity index (χ0n) is 20.9. The van der Waals surface area contributed by atoms with Gasteiger partial charge in [0.1, 0.15) is 24.6 Å². The van der Waals surface area contributed by atoms with Crippen molar-refractivity contribution in [3.63, 3.8) is 0 Å². The average Bonchev–Trinajstić information content (AvgIpc) is 3.34. The summed E-state index contributed by atoms with van der Waals surface area (Å²) in [4.78, 5) is 7.03. The van der Waals surface area contributed by atoms with Crippen LogP contribution in [0.15, 0.2) is 85.2 Å². The molecule has 3 aromatic carbocycles. The molecule has 0 bridgehead atoms. The minimum Gasteiger partial charge on any atom is -0.486 e. The Kier molecular flexibility index (Phi) is 6.94. The van der Waals surface area contributed by atoms with E-state index >= 15 is 4.39 Å². The number of fused-ring (bicyclic) bond motifs is 1. The molecule has 0 saturated heterocycles. The van der Waals surface area contributed by atoms with E-state index in [4.69, 9.17) is 14.5 Å². The summed E-state index contributed by atoms with van der Waals surface area (Å²) in [6.07, 6.45) is 6.21. The van der Waals surface area contributed by atoms with E-state index in [9.17, 15) is 0 Å². The zero-order chi connectivity index (χ0) is 25.0. The Morgan fingerprint density at radius 1 is 0.972 bits per heavy atom. The first-order chi connectivity index (χ1) is 17.6. The molecule has 0 spiro atoms. The number of hydrogen-bond acceptors (Lipinski definition) is 4. The minimum atomic E-state index is -0.857. The Hall–Kier alpha value is -3.80. The van der Waals surface area contributed by atoms with Crippen LogP contribution < -0.4 is 14.4 Å². The van der Waals surface area contributed by atoms with Crippen LogP contribution in [0.3, 0.4) is 0 Å². The number of hydrogen-bond donors (Lipinski definition) is 0. The van der Waals surface area contributed by atoms with Gasteiger partial charge in [-0.15, -0.1) is 0 Å².